The molecule has 0 aromatic heterocycles. The molecule has 1 aliphatic rings. The van der Waals surface area contributed by atoms with Crippen LogP contribution in [-0.4, -0.2) is 46.8 Å². The van der Waals surface area contributed by atoms with Crippen molar-refractivity contribution in [1.82, 2.24) is 4.90 Å². The van der Waals surface area contributed by atoms with Gasteiger partial charge in [0.25, 0.3) is 0 Å². The number of amides is 1. The van der Waals surface area contributed by atoms with E-state index in [9.17, 15) is 19.1 Å². The molecule has 0 bridgehead atoms. The number of aliphatic carboxylic acids is 1. The largest absolute Gasteiger partial charge is 0.477 e. The van der Waals surface area contributed by atoms with Crippen LogP contribution in [0.2, 0.25) is 0 Å². The summed E-state index contributed by atoms with van der Waals surface area (Å²) in [6, 6.07) is 4.36. The van der Waals surface area contributed by atoms with E-state index >= 15 is 0 Å². The number of rotatable bonds is 5. The zero-order chi connectivity index (χ0) is 19.4. The van der Waals surface area contributed by atoms with E-state index in [1.54, 1.807) is 6.92 Å². The van der Waals surface area contributed by atoms with E-state index in [2.05, 4.69) is 4.99 Å². The molecule has 1 aliphatic heterocycles. The van der Waals surface area contributed by atoms with Gasteiger partial charge in [-0.1, -0.05) is 19.1 Å². The van der Waals surface area contributed by atoms with Crippen LogP contribution in [0.25, 0.3) is 0 Å². The molecule has 26 heavy (non-hydrogen) atoms. The summed E-state index contributed by atoms with van der Waals surface area (Å²) in [5.74, 6) is -2.75. The molecular formula is C18H23FN4O3. The van der Waals surface area contributed by atoms with Gasteiger partial charge in [-0.2, -0.15) is 0 Å². The molecular weight excluding hydrogens is 339 g/mol. The van der Waals surface area contributed by atoms with Gasteiger partial charge in [0.1, 0.15) is 17.3 Å². The fraction of sp³-hybridized carbons (Fsp3) is 0.389. The second-order valence-corrected chi connectivity index (χ2v) is 5.98. The van der Waals surface area contributed by atoms with Gasteiger partial charge in [-0.3, -0.25) is 14.7 Å². The van der Waals surface area contributed by atoms with Crippen LogP contribution in [0, 0.1) is 5.82 Å². The number of nitrogens with zero attached hydrogens (tertiary/aromatic N) is 2. The van der Waals surface area contributed by atoms with Crippen LogP contribution in [0.1, 0.15) is 31.7 Å². The molecule has 0 aliphatic carbocycles. The van der Waals surface area contributed by atoms with Crippen molar-refractivity contribution in [3.63, 3.8) is 0 Å². The van der Waals surface area contributed by atoms with Crippen molar-refractivity contribution in [1.29, 1.82) is 0 Å². The Kier molecular flexibility index (Phi) is 6.10. The van der Waals surface area contributed by atoms with Crippen molar-refractivity contribution in [3.05, 3.63) is 46.9 Å². The van der Waals surface area contributed by atoms with E-state index in [1.165, 1.54) is 29.2 Å². The van der Waals surface area contributed by atoms with Crippen LogP contribution in [0.3, 0.4) is 0 Å². The van der Waals surface area contributed by atoms with Crippen LogP contribution in [0.4, 0.5) is 4.39 Å². The molecule has 1 fully saturated rings. The number of carboxylic acids is 1. The smallest absolute Gasteiger partial charge is 0.352 e. The van der Waals surface area contributed by atoms with E-state index < -0.39 is 29.4 Å². The molecule has 5 N–H and O–H groups in total. The highest BCUT2D eigenvalue weighted by Crippen LogP contribution is 2.35. The third kappa shape index (κ3) is 3.60. The maximum atomic E-state index is 13.3. The van der Waals surface area contributed by atoms with Gasteiger partial charge >= 0.3 is 5.97 Å². The van der Waals surface area contributed by atoms with Gasteiger partial charge < -0.3 is 16.6 Å². The summed E-state index contributed by atoms with van der Waals surface area (Å²) in [6.07, 6.45) is 0.711. The molecule has 0 spiro atoms. The van der Waals surface area contributed by atoms with Crippen LogP contribution in [0.5, 0.6) is 0 Å². The van der Waals surface area contributed by atoms with Crippen LogP contribution in [-0.2, 0) is 9.59 Å². The summed E-state index contributed by atoms with van der Waals surface area (Å²) in [5, 5.41) is 9.46. The number of hydrogen-bond acceptors (Lipinski definition) is 5. The van der Waals surface area contributed by atoms with Crippen LogP contribution in [0.15, 0.2) is 40.5 Å². The minimum absolute atomic E-state index is 0.187. The molecule has 2 rings (SSSR count). The molecule has 1 saturated heterocycles. The number of halogens is 1. The molecule has 0 saturated carbocycles. The Morgan fingerprint density at radius 3 is 2.42 bits per heavy atom. The summed E-state index contributed by atoms with van der Waals surface area (Å²) >= 11 is 0. The lowest BCUT2D eigenvalue weighted by molar-refractivity contribution is -0.133. The van der Waals surface area contributed by atoms with E-state index in [-0.39, 0.29) is 23.9 Å². The van der Waals surface area contributed by atoms with Crippen molar-refractivity contribution >= 4 is 17.7 Å². The summed E-state index contributed by atoms with van der Waals surface area (Å²) in [5.41, 5.74) is 12.3. The molecule has 1 amide bonds. The minimum Gasteiger partial charge on any atom is -0.477 e. The molecule has 1 aromatic rings. The molecule has 1 aromatic carbocycles. The number of likely N-dealkylation sites (N-methyl/N-ethyl adjacent to an activating group) is 1. The highest BCUT2D eigenvalue weighted by atomic mass is 19.1. The summed E-state index contributed by atoms with van der Waals surface area (Å²) in [7, 11) is 0. The first-order valence-electron chi connectivity index (χ1n) is 8.43. The Balaban J connectivity index is 2.74. The van der Waals surface area contributed by atoms with E-state index in [4.69, 9.17) is 11.5 Å². The number of amidine groups is 1. The first-order valence-corrected chi connectivity index (χ1v) is 8.43. The van der Waals surface area contributed by atoms with Gasteiger partial charge in [0.2, 0.25) is 5.91 Å². The van der Waals surface area contributed by atoms with Gasteiger partial charge in [0.05, 0.1) is 6.04 Å². The standard InChI is InChI=1S/C18H23FN4O3/c1-3-9-22-16-13(15(21)18(25)26)12(10-5-7-11(19)8-6-10)14(20)17(24)23(16)4-2/h5-8,12,14H,3-4,9,20-21H2,1-2H3,(H,25,26)/b15-13-,22-16?. The lowest BCUT2D eigenvalue weighted by Crippen LogP contribution is -2.57. The van der Waals surface area contributed by atoms with Crippen molar-refractivity contribution in [2.45, 2.75) is 32.2 Å². The Morgan fingerprint density at radius 1 is 1.31 bits per heavy atom. The van der Waals surface area contributed by atoms with Gasteiger partial charge in [0.15, 0.2) is 0 Å². The lowest BCUT2D eigenvalue weighted by atomic mass is 9.79. The average Bonchev–Trinajstić information content (AvgIpc) is 2.62. The number of aliphatic imine (C=N–C) groups is 1. The first-order chi connectivity index (χ1) is 12.3. The molecule has 140 valence electrons. The average molecular weight is 362 g/mol. The zero-order valence-corrected chi connectivity index (χ0v) is 14.8. The maximum Gasteiger partial charge on any atom is 0.352 e. The minimum atomic E-state index is -1.33. The Morgan fingerprint density at radius 2 is 1.92 bits per heavy atom. The summed E-state index contributed by atoms with van der Waals surface area (Å²) in [6.45, 7) is 4.35. The molecule has 8 heteroatoms. The van der Waals surface area contributed by atoms with Gasteiger partial charge in [-0.05, 0) is 31.0 Å². The van der Waals surface area contributed by atoms with Crippen molar-refractivity contribution in [3.8, 4) is 0 Å². The third-order valence-corrected chi connectivity index (χ3v) is 4.27. The van der Waals surface area contributed by atoms with E-state index in [0.717, 1.165) is 0 Å². The fourth-order valence-corrected chi connectivity index (χ4v) is 3.03. The number of nitrogens with two attached hydrogens (primary N) is 2. The van der Waals surface area contributed by atoms with Crippen molar-refractivity contribution < 1.29 is 19.1 Å². The van der Waals surface area contributed by atoms with Crippen molar-refractivity contribution in [2.75, 3.05) is 13.1 Å². The zero-order valence-electron chi connectivity index (χ0n) is 14.8. The predicted octanol–water partition coefficient (Wildman–Crippen LogP) is 1.20. The normalized spacial score (nSPS) is 24.1. The number of piperidine rings is 1. The van der Waals surface area contributed by atoms with Gasteiger partial charge in [-0.15, -0.1) is 0 Å². The number of hydrogen-bond donors (Lipinski definition) is 3. The molecule has 7 nitrogen and oxygen atoms in total. The second-order valence-electron chi connectivity index (χ2n) is 5.98. The van der Waals surface area contributed by atoms with Gasteiger partial charge in [-0.25, -0.2) is 9.18 Å². The summed E-state index contributed by atoms with van der Waals surface area (Å²) < 4.78 is 13.3. The topological polar surface area (TPSA) is 122 Å². The molecule has 0 radical (unpaired) electrons. The molecule has 2 unspecified atom stereocenters. The van der Waals surface area contributed by atoms with Crippen molar-refractivity contribution in [2.24, 2.45) is 16.5 Å². The maximum absolute atomic E-state index is 13.3. The Labute approximate surface area is 151 Å². The lowest BCUT2D eigenvalue weighted by Gasteiger charge is -2.39. The van der Waals surface area contributed by atoms with E-state index in [0.29, 0.717) is 18.5 Å². The SMILES string of the molecule is CCCN=C1/C(=C(\N)C(=O)O)C(c2ccc(F)cc2)C(N)C(=O)N1CC. The number of carbonyl (C=O) groups excluding carboxylic acids is 1. The van der Waals surface area contributed by atoms with E-state index in [1.807, 2.05) is 6.92 Å². The third-order valence-electron chi connectivity index (χ3n) is 4.27. The first kappa shape index (κ1) is 19.6. The predicted molar refractivity (Wildman–Crippen MR) is 95.9 cm³/mol. The van der Waals surface area contributed by atoms with Crippen LogP contribution < -0.4 is 11.5 Å². The number of benzene rings is 1. The highest BCUT2D eigenvalue weighted by Gasteiger charge is 2.43. The fourth-order valence-electron chi connectivity index (χ4n) is 3.03. The number of likely N-dealkylation sites (tertiary alicyclic amines) is 1. The summed E-state index contributed by atoms with van der Waals surface area (Å²) in [4.78, 5) is 30.1. The Hall–Kier alpha value is -2.74. The monoisotopic (exact) mass is 362 g/mol. The highest BCUT2D eigenvalue weighted by molar-refractivity contribution is 6.16. The molecule has 1 heterocycles. The molecule has 2 atom stereocenters. The van der Waals surface area contributed by atoms with Gasteiger partial charge in [0, 0.05) is 24.6 Å². The quantitative estimate of drug-likeness (QED) is 0.680. The number of carboxylic acid groups (broad SMARTS) is 1. The van der Waals surface area contributed by atoms with Crippen LogP contribution >= 0.6 is 0 Å². The second kappa shape index (κ2) is 8.09. The Bertz CT molecular complexity index is 758. The number of carbonyl (C=O) groups is 2.